The molecule has 0 radical (unpaired) electrons. The average molecular weight is 266 g/mol. The zero-order valence-electron chi connectivity index (χ0n) is 13.7. The summed E-state index contributed by atoms with van der Waals surface area (Å²) in [5.41, 5.74) is 0.549. The first-order valence-electron chi connectivity index (χ1n) is 8.38. The van der Waals surface area contributed by atoms with Gasteiger partial charge in [0.2, 0.25) is 0 Å². The summed E-state index contributed by atoms with van der Waals surface area (Å²) in [5.74, 6) is 0.945. The molecule has 0 aromatic rings. The number of hydrogen-bond acceptors (Lipinski definition) is 2. The van der Waals surface area contributed by atoms with Crippen molar-refractivity contribution in [3.05, 3.63) is 0 Å². The molecular weight excluding hydrogens is 232 g/mol. The van der Waals surface area contributed by atoms with Crippen molar-refractivity contribution < 1.29 is 0 Å². The summed E-state index contributed by atoms with van der Waals surface area (Å²) in [7, 11) is 2.26. The lowest BCUT2D eigenvalue weighted by atomic mass is 9.69. The average Bonchev–Trinajstić information content (AvgIpc) is 2.69. The standard InChI is InChI=1S/C17H34N2/c1-6-17(3,4)14-7-9-15(10-8-14)18-16-11-13(2)19(5)12-16/h13-16,18H,6-12H2,1-5H3. The van der Waals surface area contributed by atoms with Crippen molar-refractivity contribution >= 4 is 0 Å². The molecule has 1 heterocycles. The molecule has 1 saturated heterocycles. The number of rotatable bonds is 4. The lowest BCUT2D eigenvalue weighted by Crippen LogP contribution is -2.43. The highest BCUT2D eigenvalue weighted by Crippen LogP contribution is 2.40. The summed E-state index contributed by atoms with van der Waals surface area (Å²) in [5, 5.41) is 3.93. The van der Waals surface area contributed by atoms with Crippen LogP contribution in [0.2, 0.25) is 0 Å². The van der Waals surface area contributed by atoms with Crippen molar-refractivity contribution in [3.8, 4) is 0 Å². The molecular formula is C17H34N2. The van der Waals surface area contributed by atoms with E-state index in [2.05, 4.69) is 45.0 Å². The quantitative estimate of drug-likeness (QED) is 0.835. The highest BCUT2D eigenvalue weighted by atomic mass is 15.2. The first-order valence-corrected chi connectivity index (χ1v) is 8.38. The molecule has 0 spiro atoms. The molecule has 0 aromatic heterocycles. The van der Waals surface area contributed by atoms with Crippen LogP contribution in [0.1, 0.15) is 66.2 Å². The number of likely N-dealkylation sites (N-methyl/N-ethyl adjacent to an activating group) is 1. The lowest BCUT2D eigenvalue weighted by Gasteiger charge is -2.39. The Hall–Kier alpha value is -0.0800. The Kier molecular flexibility index (Phi) is 4.94. The minimum atomic E-state index is 0.549. The van der Waals surface area contributed by atoms with E-state index in [0.717, 1.165) is 24.0 Å². The molecule has 1 saturated carbocycles. The molecule has 0 aromatic carbocycles. The van der Waals surface area contributed by atoms with Crippen molar-refractivity contribution in [3.63, 3.8) is 0 Å². The molecule has 0 bridgehead atoms. The summed E-state index contributed by atoms with van der Waals surface area (Å²) >= 11 is 0. The van der Waals surface area contributed by atoms with Gasteiger partial charge in [0, 0.05) is 24.7 Å². The maximum Gasteiger partial charge on any atom is 0.0212 e. The van der Waals surface area contributed by atoms with E-state index >= 15 is 0 Å². The molecule has 0 amide bonds. The van der Waals surface area contributed by atoms with E-state index in [4.69, 9.17) is 0 Å². The predicted molar refractivity (Wildman–Crippen MR) is 83.5 cm³/mol. The van der Waals surface area contributed by atoms with Crippen LogP contribution < -0.4 is 5.32 Å². The highest BCUT2D eigenvalue weighted by molar-refractivity contribution is 4.90. The molecule has 112 valence electrons. The molecule has 2 heteroatoms. The third-order valence-corrected chi connectivity index (χ3v) is 6.10. The van der Waals surface area contributed by atoms with Crippen LogP contribution in [-0.4, -0.2) is 36.6 Å². The fourth-order valence-corrected chi connectivity index (χ4v) is 3.98. The fraction of sp³-hybridized carbons (Fsp3) is 1.00. The van der Waals surface area contributed by atoms with Crippen molar-refractivity contribution in [1.82, 2.24) is 10.2 Å². The van der Waals surface area contributed by atoms with Crippen LogP contribution in [0.25, 0.3) is 0 Å². The highest BCUT2D eigenvalue weighted by Gasteiger charge is 2.33. The van der Waals surface area contributed by atoms with Crippen LogP contribution in [0.15, 0.2) is 0 Å². The zero-order valence-corrected chi connectivity index (χ0v) is 13.7. The maximum atomic E-state index is 3.93. The second-order valence-corrected chi connectivity index (χ2v) is 7.78. The van der Waals surface area contributed by atoms with Crippen molar-refractivity contribution in [2.24, 2.45) is 11.3 Å². The van der Waals surface area contributed by atoms with Gasteiger partial charge in [0.05, 0.1) is 0 Å². The van der Waals surface area contributed by atoms with Gasteiger partial charge in [0.25, 0.3) is 0 Å². The second-order valence-electron chi connectivity index (χ2n) is 7.78. The third kappa shape index (κ3) is 3.72. The number of nitrogens with one attached hydrogen (secondary N) is 1. The Morgan fingerprint density at radius 3 is 2.21 bits per heavy atom. The maximum absolute atomic E-state index is 3.93. The third-order valence-electron chi connectivity index (χ3n) is 6.10. The summed E-state index contributed by atoms with van der Waals surface area (Å²) in [6.45, 7) is 10.8. The van der Waals surface area contributed by atoms with Gasteiger partial charge in [-0.3, -0.25) is 0 Å². The normalized spacial score (nSPS) is 37.7. The van der Waals surface area contributed by atoms with E-state index < -0.39 is 0 Å². The minimum Gasteiger partial charge on any atom is -0.310 e. The van der Waals surface area contributed by atoms with E-state index in [0.29, 0.717) is 5.41 Å². The van der Waals surface area contributed by atoms with Crippen LogP contribution in [0.3, 0.4) is 0 Å². The van der Waals surface area contributed by atoms with E-state index in [1.54, 1.807) is 0 Å². The fourth-order valence-electron chi connectivity index (χ4n) is 3.98. The Balaban J connectivity index is 1.75. The summed E-state index contributed by atoms with van der Waals surface area (Å²) < 4.78 is 0. The smallest absolute Gasteiger partial charge is 0.0212 e. The topological polar surface area (TPSA) is 15.3 Å². The Labute approximate surface area is 120 Å². The first-order chi connectivity index (χ1) is 8.92. The number of nitrogens with zero attached hydrogens (tertiary/aromatic N) is 1. The van der Waals surface area contributed by atoms with Gasteiger partial charge in [0.1, 0.15) is 0 Å². The van der Waals surface area contributed by atoms with E-state index in [9.17, 15) is 0 Å². The number of likely N-dealkylation sites (tertiary alicyclic amines) is 1. The van der Waals surface area contributed by atoms with E-state index in [1.807, 2.05) is 0 Å². The van der Waals surface area contributed by atoms with Crippen molar-refractivity contribution in [2.75, 3.05) is 13.6 Å². The van der Waals surface area contributed by atoms with Crippen LogP contribution in [0.4, 0.5) is 0 Å². The molecule has 1 N–H and O–H groups in total. The monoisotopic (exact) mass is 266 g/mol. The van der Waals surface area contributed by atoms with Crippen LogP contribution in [-0.2, 0) is 0 Å². The van der Waals surface area contributed by atoms with E-state index in [-0.39, 0.29) is 0 Å². The van der Waals surface area contributed by atoms with Crippen LogP contribution in [0.5, 0.6) is 0 Å². The molecule has 2 atom stereocenters. The molecule has 2 aliphatic rings. The van der Waals surface area contributed by atoms with Crippen molar-refractivity contribution in [1.29, 1.82) is 0 Å². The summed E-state index contributed by atoms with van der Waals surface area (Å²) in [6, 6.07) is 2.28. The Bertz CT molecular complexity index is 269. The second kappa shape index (κ2) is 6.13. The molecule has 2 rings (SSSR count). The van der Waals surface area contributed by atoms with Gasteiger partial charge in [-0.15, -0.1) is 0 Å². The van der Waals surface area contributed by atoms with Gasteiger partial charge in [-0.25, -0.2) is 0 Å². The van der Waals surface area contributed by atoms with Gasteiger partial charge < -0.3 is 10.2 Å². The molecule has 19 heavy (non-hydrogen) atoms. The first kappa shape index (κ1) is 15.3. The molecule has 2 fully saturated rings. The summed E-state index contributed by atoms with van der Waals surface area (Å²) in [4.78, 5) is 2.49. The number of hydrogen-bond donors (Lipinski definition) is 1. The lowest BCUT2D eigenvalue weighted by molar-refractivity contribution is 0.134. The molecule has 2 nitrogen and oxygen atoms in total. The van der Waals surface area contributed by atoms with Gasteiger partial charge in [0.15, 0.2) is 0 Å². The molecule has 1 aliphatic heterocycles. The van der Waals surface area contributed by atoms with Crippen LogP contribution in [0, 0.1) is 11.3 Å². The van der Waals surface area contributed by atoms with Crippen LogP contribution >= 0.6 is 0 Å². The van der Waals surface area contributed by atoms with E-state index in [1.165, 1.54) is 45.1 Å². The predicted octanol–water partition coefficient (Wildman–Crippen LogP) is 3.66. The minimum absolute atomic E-state index is 0.549. The molecule has 1 aliphatic carbocycles. The SMILES string of the molecule is CCC(C)(C)C1CCC(NC2CC(C)N(C)C2)CC1. The van der Waals surface area contributed by atoms with Crippen molar-refractivity contribution in [2.45, 2.75) is 84.3 Å². The molecule has 2 unspecified atom stereocenters. The van der Waals surface area contributed by atoms with Gasteiger partial charge in [-0.2, -0.15) is 0 Å². The zero-order chi connectivity index (χ0) is 14.0. The Morgan fingerprint density at radius 1 is 1.11 bits per heavy atom. The summed E-state index contributed by atoms with van der Waals surface area (Å²) in [6.07, 6.45) is 8.29. The van der Waals surface area contributed by atoms with Gasteiger partial charge in [-0.05, 0) is 57.4 Å². The van der Waals surface area contributed by atoms with Gasteiger partial charge >= 0.3 is 0 Å². The van der Waals surface area contributed by atoms with Gasteiger partial charge in [-0.1, -0.05) is 27.2 Å². The largest absolute Gasteiger partial charge is 0.310 e. The Morgan fingerprint density at radius 2 is 1.74 bits per heavy atom.